The van der Waals surface area contributed by atoms with Gasteiger partial charge in [0.2, 0.25) is 0 Å². The van der Waals surface area contributed by atoms with Crippen molar-refractivity contribution in [3.05, 3.63) is 57.8 Å². The van der Waals surface area contributed by atoms with Crippen LogP contribution in [-0.2, 0) is 6.42 Å². The first-order valence-corrected chi connectivity index (χ1v) is 6.28. The van der Waals surface area contributed by atoms with Gasteiger partial charge in [-0.25, -0.2) is 0 Å². The zero-order chi connectivity index (χ0) is 13.0. The summed E-state index contributed by atoms with van der Waals surface area (Å²) in [7, 11) is 0. The van der Waals surface area contributed by atoms with Gasteiger partial charge in [0.1, 0.15) is 5.69 Å². The fraction of sp³-hybridized carbons (Fsp3) is 0.154. The van der Waals surface area contributed by atoms with E-state index >= 15 is 0 Å². The highest BCUT2D eigenvalue weighted by Crippen LogP contribution is 2.21. The van der Waals surface area contributed by atoms with Crippen LogP contribution in [0.25, 0.3) is 0 Å². The van der Waals surface area contributed by atoms with Crippen LogP contribution in [0.5, 0.6) is 0 Å². The van der Waals surface area contributed by atoms with Gasteiger partial charge in [0.05, 0.1) is 0 Å². The number of amides is 1. The van der Waals surface area contributed by atoms with E-state index in [0.717, 1.165) is 5.56 Å². The quantitative estimate of drug-likeness (QED) is 0.888. The molecule has 0 unspecified atom stereocenters. The lowest BCUT2D eigenvalue weighted by Crippen LogP contribution is -2.25. The molecular formula is C13H12Cl2N2O. The van der Waals surface area contributed by atoms with Gasteiger partial charge in [0.25, 0.3) is 5.91 Å². The van der Waals surface area contributed by atoms with Crippen molar-refractivity contribution in [3.8, 4) is 0 Å². The van der Waals surface area contributed by atoms with Crippen LogP contribution in [-0.4, -0.2) is 17.4 Å². The summed E-state index contributed by atoms with van der Waals surface area (Å²) in [5, 5.41) is 4.05. The smallest absolute Gasteiger partial charge is 0.267 e. The number of H-pyrrole nitrogens is 1. The summed E-state index contributed by atoms with van der Waals surface area (Å²) >= 11 is 11.9. The van der Waals surface area contributed by atoms with E-state index in [0.29, 0.717) is 28.7 Å². The number of halogens is 2. The van der Waals surface area contributed by atoms with Gasteiger partial charge in [-0.3, -0.25) is 4.79 Å². The lowest BCUT2D eigenvalue weighted by atomic mass is 10.1. The molecule has 1 heterocycles. The molecule has 0 spiro atoms. The van der Waals surface area contributed by atoms with Crippen molar-refractivity contribution < 1.29 is 4.79 Å². The Morgan fingerprint density at radius 3 is 2.78 bits per heavy atom. The standard InChI is InChI=1S/C13H12Cl2N2O/c14-10-4-3-9(11(15)8-10)5-7-17-13(18)12-2-1-6-16-12/h1-4,6,8,16H,5,7H2,(H,17,18). The third-order valence-corrected chi connectivity index (χ3v) is 3.12. The molecule has 0 aliphatic carbocycles. The summed E-state index contributed by atoms with van der Waals surface area (Å²) in [6.45, 7) is 0.527. The Balaban J connectivity index is 1.87. The maximum atomic E-state index is 11.6. The highest BCUT2D eigenvalue weighted by Gasteiger charge is 2.06. The molecule has 0 saturated heterocycles. The Morgan fingerprint density at radius 1 is 1.28 bits per heavy atom. The Kier molecular flexibility index (Phi) is 4.28. The fourth-order valence-corrected chi connectivity index (χ4v) is 2.10. The number of nitrogens with one attached hydrogen (secondary N) is 2. The highest BCUT2D eigenvalue weighted by atomic mass is 35.5. The summed E-state index contributed by atoms with van der Waals surface area (Å²) in [4.78, 5) is 14.5. The first kappa shape index (κ1) is 13.0. The minimum Gasteiger partial charge on any atom is -0.357 e. The summed E-state index contributed by atoms with van der Waals surface area (Å²) in [6.07, 6.45) is 2.38. The number of hydrogen-bond acceptors (Lipinski definition) is 1. The average Bonchev–Trinajstić information content (AvgIpc) is 2.85. The second kappa shape index (κ2) is 5.94. The van der Waals surface area contributed by atoms with Gasteiger partial charge in [-0.1, -0.05) is 29.3 Å². The van der Waals surface area contributed by atoms with Crippen molar-refractivity contribution in [2.24, 2.45) is 0 Å². The van der Waals surface area contributed by atoms with Crippen LogP contribution in [0.2, 0.25) is 10.0 Å². The number of aromatic nitrogens is 1. The van der Waals surface area contributed by atoms with Gasteiger partial charge < -0.3 is 10.3 Å². The van der Waals surface area contributed by atoms with Crippen LogP contribution in [0.1, 0.15) is 16.1 Å². The van der Waals surface area contributed by atoms with Crippen molar-refractivity contribution in [2.45, 2.75) is 6.42 Å². The first-order valence-electron chi connectivity index (χ1n) is 5.52. The van der Waals surface area contributed by atoms with Crippen molar-refractivity contribution >= 4 is 29.1 Å². The molecule has 2 rings (SSSR count). The fourth-order valence-electron chi connectivity index (χ4n) is 1.60. The zero-order valence-corrected chi connectivity index (χ0v) is 11.1. The second-order valence-electron chi connectivity index (χ2n) is 3.83. The number of hydrogen-bond donors (Lipinski definition) is 2. The van der Waals surface area contributed by atoms with Crippen LogP contribution in [0.3, 0.4) is 0 Å². The normalized spacial score (nSPS) is 10.3. The highest BCUT2D eigenvalue weighted by molar-refractivity contribution is 6.35. The minimum absolute atomic E-state index is 0.120. The van der Waals surface area contributed by atoms with Gasteiger partial charge in [-0.2, -0.15) is 0 Å². The lowest BCUT2D eigenvalue weighted by Gasteiger charge is -2.06. The number of aromatic amines is 1. The monoisotopic (exact) mass is 282 g/mol. The summed E-state index contributed by atoms with van der Waals surface area (Å²) < 4.78 is 0. The third kappa shape index (κ3) is 3.28. The maximum Gasteiger partial charge on any atom is 0.267 e. The van der Waals surface area contributed by atoms with E-state index in [1.807, 2.05) is 6.07 Å². The van der Waals surface area contributed by atoms with Crippen LogP contribution in [0, 0.1) is 0 Å². The summed E-state index contributed by atoms with van der Waals surface area (Å²) in [6, 6.07) is 8.86. The zero-order valence-electron chi connectivity index (χ0n) is 9.54. The molecule has 0 fully saturated rings. The van der Waals surface area contributed by atoms with Gasteiger partial charge >= 0.3 is 0 Å². The predicted molar refractivity (Wildman–Crippen MR) is 73.3 cm³/mol. The molecule has 1 aromatic heterocycles. The molecule has 1 aromatic carbocycles. The second-order valence-corrected chi connectivity index (χ2v) is 4.67. The molecule has 1 amide bonds. The van der Waals surface area contributed by atoms with E-state index in [1.165, 1.54) is 0 Å². The van der Waals surface area contributed by atoms with Gasteiger partial charge in [0, 0.05) is 22.8 Å². The van der Waals surface area contributed by atoms with Crippen LogP contribution in [0.4, 0.5) is 0 Å². The van der Waals surface area contributed by atoms with Crippen LogP contribution < -0.4 is 5.32 Å². The average molecular weight is 283 g/mol. The first-order chi connectivity index (χ1) is 8.66. The van der Waals surface area contributed by atoms with Crippen LogP contribution in [0.15, 0.2) is 36.5 Å². The minimum atomic E-state index is -0.120. The number of carbonyl (C=O) groups is 1. The van der Waals surface area contributed by atoms with Gasteiger partial charge in [0.15, 0.2) is 0 Å². The Hall–Kier alpha value is -1.45. The molecule has 0 aliphatic rings. The molecule has 3 nitrogen and oxygen atoms in total. The molecule has 0 atom stereocenters. The topological polar surface area (TPSA) is 44.9 Å². The van der Waals surface area contributed by atoms with E-state index in [9.17, 15) is 4.79 Å². The molecule has 5 heteroatoms. The third-order valence-electron chi connectivity index (χ3n) is 2.54. The molecule has 0 radical (unpaired) electrons. The molecule has 0 aliphatic heterocycles. The van der Waals surface area contributed by atoms with Gasteiger partial charge in [-0.05, 0) is 36.2 Å². The molecule has 0 bridgehead atoms. The van der Waals surface area contributed by atoms with Gasteiger partial charge in [-0.15, -0.1) is 0 Å². The van der Waals surface area contributed by atoms with Crippen LogP contribution >= 0.6 is 23.2 Å². The summed E-state index contributed by atoms with van der Waals surface area (Å²) in [5.41, 5.74) is 1.52. The van der Waals surface area contributed by atoms with E-state index in [2.05, 4.69) is 10.3 Å². The molecule has 94 valence electrons. The largest absolute Gasteiger partial charge is 0.357 e. The van der Waals surface area contributed by atoms with E-state index < -0.39 is 0 Å². The molecule has 18 heavy (non-hydrogen) atoms. The molecule has 2 aromatic rings. The Morgan fingerprint density at radius 2 is 2.11 bits per heavy atom. The SMILES string of the molecule is O=C(NCCc1ccc(Cl)cc1Cl)c1ccc[nH]1. The number of rotatable bonds is 4. The lowest BCUT2D eigenvalue weighted by molar-refractivity contribution is 0.0950. The Labute approximate surface area is 115 Å². The predicted octanol–water partition coefficient (Wildman–Crippen LogP) is 3.29. The number of benzene rings is 1. The molecule has 2 N–H and O–H groups in total. The van der Waals surface area contributed by atoms with E-state index in [-0.39, 0.29) is 5.91 Å². The Bertz CT molecular complexity index is 538. The van der Waals surface area contributed by atoms with Crippen molar-refractivity contribution in [1.82, 2.24) is 10.3 Å². The summed E-state index contributed by atoms with van der Waals surface area (Å²) in [5.74, 6) is -0.120. The molecular weight excluding hydrogens is 271 g/mol. The van der Waals surface area contributed by atoms with Crippen molar-refractivity contribution in [1.29, 1.82) is 0 Å². The van der Waals surface area contributed by atoms with E-state index in [4.69, 9.17) is 23.2 Å². The maximum absolute atomic E-state index is 11.6. The number of carbonyl (C=O) groups excluding carboxylic acids is 1. The van der Waals surface area contributed by atoms with E-state index in [1.54, 1.807) is 30.5 Å². The molecule has 0 saturated carbocycles. The van der Waals surface area contributed by atoms with Crippen molar-refractivity contribution in [2.75, 3.05) is 6.54 Å². The van der Waals surface area contributed by atoms with Crippen molar-refractivity contribution in [3.63, 3.8) is 0 Å².